The number of carboxylic acids is 1. The van der Waals surface area contributed by atoms with Crippen molar-refractivity contribution in [3.63, 3.8) is 0 Å². The Morgan fingerprint density at radius 2 is 2.11 bits per heavy atom. The van der Waals surface area contributed by atoms with Crippen molar-refractivity contribution in [3.8, 4) is 0 Å². The first-order valence-electron chi connectivity index (χ1n) is 6.46. The standard InChI is InChI=1S/C13H19N3O3/c1-8(2)13-10-6-15(9(3)17)5-4-11(10)16(14-13)7-12(18)19/h8H,4-7H2,1-3H3,(H,18,19). The average Bonchev–Trinajstić information content (AvgIpc) is 2.66. The third-order valence-electron chi connectivity index (χ3n) is 3.44. The summed E-state index contributed by atoms with van der Waals surface area (Å²) in [5, 5.41) is 13.4. The summed E-state index contributed by atoms with van der Waals surface area (Å²) in [6.45, 7) is 6.67. The Morgan fingerprint density at radius 3 is 2.63 bits per heavy atom. The molecule has 2 heterocycles. The van der Waals surface area contributed by atoms with Crippen LogP contribution in [0, 0.1) is 0 Å². The number of carbonyl (C=O) groups excluding carboxylic acids is 1. The molecule has 0 radical (unpaired) electrons. The number of hydrogen-bond donors (Lipinski definition) is 1. The van der Waals surface area contributed by atoms with Crippen LogP contribution in [-0.4, -0.2) is 38.2 Å². The molecule has 0 saturated carbocycles. The van der Waals surface area contributed by atoms with Gasteiger partial charge in [-0.25, -0.2) is 0 Å². The first-order valence-corrected chi connectivity index (χ1v) is 6.46. The predicted octanol–water partition coefficient (Wildman–Crippen LogP) is 0.996. The molecule has 2 rings (SSSR count). The zero-order chi connectivity index (χ0) is 14.2. The molecule has 0 atom stereocenters. The molecule has 1 N–H and O–H groups in total. The zero-order valence-electron chi connectivity index (χ0n) is 11.5. The number of aromatic nitrogens is 2. The molecule has 1 aliphatic heterocycles. The number of carbonyl (C=O) groups is 2. The maximum absolute atomic E-state index is 11.5. The Morgan fingerprint density at radius 1 is 1.42 bits per heavy atom. The van der Waals surface area contributed by atoms with Crippen LogP contribution in [0.1, 0.15) is 43.6 Å². The molecule has 6 heteroatoms. The summed E-state index contributed by atoms with van der Waals surface area (Å²) in [5.74, 6) is -0.628. The molecule has 1 aromatic heterocycles. The predicted molar refractivity (Wildman–Crippen MR) is 68.7 cm³/mol. The zero-order valence-corrected chi connectivity index (χ0v) is 11.5. The number of hydrogen-bond acceptors (Lipinski definition) is 3. The summed E-state index contributed by atoms with van der Waals surface area (Å²) >= 11 is 0. The SMILES string of the molecule is CC(=O)N1CCc2c(c(C(C)C)nn2CC(=O)O)C1. The van der Waals surface area contributed by atoms with Crippen LogP contribution >= 0.6 is 0 Å². The molecule has 19 heavy (non-hydrogen) atoms. The van der Waals surface area contributed by atoms with E-state index >= 15 is 0 Å². The van der Waals surface area contributed by atoms with Crippen molar-refractivity contribution in [2.75, 3.05) is 6.54 Å². The number of fused-ring (bicyclic) bond motifs is 1. The van der Waals surface area contributed by atoms with E-state index in [-0.39, 0.29) is 18.4 Å². The first kappa shape index (κ1) is 13.6. The smallest absolute Gasteiger partial charge is 0.325 e. The van der Waals surface area contributed by atoms with Crippen molar-refractivity contribution in [3.05, 3.63) is 17.0 Å². The molecule has 0 aromatic carbocycles. The van der Waals surface area contributed by atoms with Crippen LogP contribution in [0.5, 0.6) is 0 Å². The highest BCUT2D eigenvalue weighted by Gasteiger charge is 2.27. The van der Waals surface area contributed by atoms with E-state index in [4.69, 9.17) is 5.11 Å². The van der Waals surface area contributed by atoms with E-state index in [0.29, 0.717) is 19.5 Å². The highest BCUT2D eigenvalue weighted by atomic mass is 16.4. The van der Waals surface area contributed by atoms with Gasteiger partial charge in [0.15, 0.2) is 0 Å². The van der Waals surface area contributed by atoms with E-state index in [1.54, 1.807) is 16.5 Å². The van der Waals surface area contributed by atoms with E-state index in [9.17, 15) is 9.59 Å². The molecule has 0 unspecified atom stereocenters. The van der Waals surface area contributed by atoms with E-state index in [1.165, 1.54) is 0 Å². The molecule has 0 saturated heterocycles. The summed E-state index contributed by atoms with van der Waals surface area (Å²) < 4.78 is 1.57. The molecular weight excluding hydrogens is 246 g/mol. The fourth-order valence-electron chi connectivity index (χ4n) is 2.51. The molecule has 0 aliphatic carbocycles. The summed E-state index contributed by atoms with van der Waals surface area (Å²) in [5.41, 5.74) is 2.89. The lowest BCUT2D eigenvalue weighted by Gasteiger charge is -2.27. The lowest BCUT2D eigenvalue weighted by atomic mass is 9.99. The summed E-state index contributed by atoms with van der Waals surface area (Å²) in [6.07, 6.45) is 0.669. The highest BCUT2D eigenvalue weighted by Crippen LogP contribution is 2.27. The van der Waals surface area contributed by atoms with Crippen LogP contribution in [0.2, 0.25) is 0 Å². The molecule has 0 spiro atoms. The van der Waals surface area contributed by atoms with Crippen molar-refractivity contribution in [1.82, 2.24) is 14.7 Å². The third kappa shape index (κ3) is 2.62. The third-order valence-corrected chi connectivity index (χ3v) is 3.44. The van der Waals surface area contributed by atoms with Gasteiger partial charge in [-0.1, -0.05) is 13.8 Å². The Labute approximate surface area is 112 Å². The van der Waals surface area contributed by atoms with Crippen molar-refractivity contribution in [2.24, 2.45) is 0 Å². The molecule has 1 aromatic rings. The number of aliphatic carboxylic acids is 1. The number of amides is 1. The van der Waals surface area contributed by atoms with Crippen LogP contribution in [0.15, 0.2) is 0 Å². The van der Waals surface area contributed by atoms with E-state index < -0.39 is 5.97 Å². The minimum Gasteiger partial charge on any atom is -0.480 e. The second-order valence-electron chi connectivity index (χ2n) is 5.21. The normalized spacial score (nSPS) is 14.6. The van der Waals surface area contributed by atoms with Crippen LogP contribution in [0.25, 0.3) is 0 Å². The summed E-state index contributed by atoms with van der Waals surface area (Å²) in [7, 11) is 0. The Kier molecular flexibility index (Phi) is 3.59. The fraction of sp³-hybridized carbons (Fsp3) is 0.615. The lowest BCUT2D eigenvalue weighted by Crippen LogP contribution is -2.35. The maximum atomic E-state index is 11.5. The Hall–Kier alpha value is -1.85. The number of nitrogens with zero attached hydrogens (tertiary/aromatic N) is 3. The van der Waals surface area contributed by atoms with E-state index in [1.807, 2.05) is 13.8 Å². The van der Waals surface area contributed by atoms with Crippen LogP contribution in [-0.2, 0) is 29.1 Å². The molecule has 104 valence electrons. The average molecular weight is 265 g/mol. The van der Waals surface area contributed by atoms with Gasteiger partial charge in [0.25, 0.3) is 0 Å². The van der Waals surface area contributed by atoms with Crippen LogP contribution in [0.3, 0.4) is 0 Å². The quantitative estimate of drug-likeness (QED) is 0.884. The monoisotopic (exact) mass is 265 g/mol. The van der Waals surface area contributed by atoms with Gasteiger partial charge in [0.05, 0.1) is 5.69 Å². The van der Waals surface area contributed by atoms with Gasteiger partial charge < -0.3 is 10.0 Å². The summed E-state index contributed by atoms with van der Waals surface area (Å²) in [6, 6.07) is 0. The van der Waals surface area contributed by atoms with E-state index in [0.717, 1.165) is 17.0 Å². The molecule has 1 amide bonds. The second kappa shape index (κ2) is 5.03. The Bertz CT molecular complexity index is 519. The van der Waals surface area contributed by atoms with Gasteiger partial charge in [0, 0.05) is 37.7 Å². The van der Waals surface area contributed by atoms with Crippen molar-refractivity contribution in [2.45, 2.75) is 46.2 Å². The second-order valence-corrected chi connectivity index (χ2v) is 5.21. The van der Waals surface area contributed by atoms with Gasteiger partial charge in [0.1, 0.15) is 6.54 Å². The molecular formula is C13H19N3O3. The lowest BCUT2D eigenvalue weighted by molar-refractivity contribution is -0.138. The van der Waals surface area contributed by atoms with Gasteiger partial charge in [0.2, 0.25) is 5.91 Å². The minimum absolute atomic E-state index is 0.0475. The first-order chi connectivity index (χ1) is 8.90. The van der Waals surface area contributed by atoms with Crippen LogP contribution < -0.4 is 0 Å². The minimum atomic E-state index is -0.894. The van der Waals surface area contributed by atoms with Crippen molar-refractivity contribution >= 4 is 11.9 Å². The molecule has 6 nitrogen and oxygen atoms in total. The number of carboxylic acid groups (broad SMARTS) is 1. The Balaban J connectivity index is 2.40. The fourth-order valence-corrected chi connectivity index (χ4v) is 2.51. The van der Waals surface area contributed by atoms with Gasteiger partial charge in [-0.15, -0.1) is 0 Å². The van der Waals surface area contributed by atoms with Gasteiger partial charge in [-0.3, -0.25) is 14.3 Å². The molecule has 1 aliphatic rings. The molecule has 0 bridgehead atoms. The van der Waals surface area contributed by atoms with Gasteiger partial charge in [-0.05, 0) is 5.92 Å². The topological polar surface area (TPSA) is 75.4 Å². The van der Waals surface area contributed by atoms with Crippen molar-refractivity contribution < 1.29 is 14.7 Å². The highest BCUT2D eigenvalue weighted by molar-refractivity contribution is 5.73. The van der Waals surface area contributed by atoms with Crippen LogP contribution in [0.4, 0.5) is 0 Å². The van der Waals surface area contributed by atoms with E-state index in [2.05, 4.69) is 5.10 Å². The summed E-state index contributed by atoms with van der Waals surface area (Å²) in [4.78, 5) is 24.1. The number of rotatable bonds is 3. The molecule has 0 fully saturated rings. The van der Waals surface area contributed by atoms with Gasteiger partial charge in [-0.2, -0.15) is 5.10 Å². The van der Waals surface area contributed by atoms with Crippen molar-refractivity contribution in [1.29, 1.82) is 0 Å². The maximum Gasteiger partial charge on any atom is 0.325 e. The largest absolute Gasteiger partial charge is 0.480 e. The van der Waals surface area contributed by atoms with Gasteiger partial charge >= 0.3 is 5.97 Å².